The number of aliphatic hydroxyl groups excluding tert-OH is 1. The molecule has 4 heterocycles. The number of aromatic nitrogens is 4. The summed E-state index contributed by atoms with van der Waals surface area (Å²) in [7, 11) is 1.98. The molecule has 1 amide bonds. The third-order valence-electron chi connectivity index (χ3n) is 5.94. The molecule has 5 rings (SSSR count). The number of nitrogens with zero attached hydrogens (tertiary/aromatic N) is 6. The topological polar surface area (TPSA) is 101 Å². The molecule has 156 valence electrons. The van der Waals surface area contributed by atoms with Crippen molar-refractivity contribution in [3.05, 3.63) is 53.6 Å². The van der Waals surface area contributed by atoms with Crippen molar-refractivity contribution in [1.82, 2.24) is 29.5 Å². The van der Waals surface area contributed by atoms with Crippen LogP contribution in [0.5, 0.6) is 0 Å². The predicted octanol–water partition coefficient (Wildman–Crippen LogP) is 1.64. The van der Waals surface area contributed by atoms with Gasteiger partial charge in [0, 0.05) is 25.2 Å². The molecular formula is C21H24N6O3. The SMILES string of the molecule is Cc1cccc(-c2ocnc2C(=O)N2CCn3c(nnc3[C@@H]3C[C@@H](O)CN3C)C2)c1. The number of hydrogen-bond donors (Lipinski definition) is 1. The number of fused-ring (bicyclic) bond motifs is 1. The summed E-state index contributed by atoms with van der Waals surface area (Å²) < 4.78 is 7.64. The summed E-state index contributed by atoms with van der Waals surface area (Å²) in [6.07, 6.45) is 1.62. The number of aryl methyl sites for hydroxylation is 1. The van der Waals surface area contributed by atoms with E-state index in [0.717, 1.165) is 22.8 Å². The Morgan fingerprint density at radius 2 is 2.13 bits per heavy atom. The molecule has 3 aromatic rings. The van der Waals surface area contributed by atoms with Crippen molar-refractivity contribution < 1.29 is 14.3 Å². The lowest BCUT2D eigenvalue weighted by atomic mass is 10.1. The number of hydrogen-bond acceptors (Lipinski definition) is 7. The highest BCUT2D eigenvalue weighted by molar-refractivity contribution is 5.97. The van der Waals surface area contributed by atoms with Gasteiger partial charge in [-0.05, 0) is 26.5 Å². The number of benzene rings is 1. The average molecular weight is 408 g/mol. The Balaban J connectivity index is 1.38. The van der Waals surface area contributed by atoms with Gasteiger partial charge in [-0.2, -0.15) is 0 Å². The molecule has 1 saturated heterocycles. The fraction of sp³-hybridized carbons (Fsp3) is 0.429. The zero-order chi connectivity index (χ0) is 20.8. The van der Waals surface area contributed by atoms with Crippen LogP contribution in [0.1, 0.15) is 40.2 Å². The monoisotopic (exact) mass is 408 g/mol. The Kier molecular flexibility index (Phi) is 4.63. The maximum atomic E-state index is 13.2. The van der Waals surface area contributed by atoms with E-state index < -0.39 is 0 Å². The highest BCUT2D eigenvalue weighted by Gasteiger charge is 2.36. The van der Waals surface area contributed by atoms with Crippen molar-refractivity contribution in [3.63, 3.8) is 0 Å². The van der Waals surface area contributed by atoms with E-state index in [0.29, 0.717) is 44.1 Å². The number of likely N-dealkylation sites (tertiary alicyclic amines) is 1. The number of rotatable bonds is 3. The summed E-state index contributed by atoms with van der Waals surface area (Å²) >= 11 is 0. The number of aliphatic hydroxyl groups is 1. The van der Waals surface area contributed by atoms with Gasteiger partial charge in [0.1, 0.15) is 0 Å². The lowest BCUT2D eigenvalue weighted by Crippen LogP contribution is -2.39. The minimum Gasteiger partial charge on any atom is -0.443 e. The number of carbonyl (C=O) groups excluding carboxylic acids is 1. The highest BCUT2D eigenvalue weighted by atomic mass is 16.3. The Bertz CT molecular complexity index is 1090. The minimum absolute atomic E-state index is 0.0481. The summed E-state index contributed by atoms with van der Waals surface area (Å²) in [6.45, 7) is 4.14. The van der Waals surface area contributed by atoms with Crippen molar-refractivity contribution in [3.8, 4) is 11.3 Å². The molecule has 30 heavy (non-hydrogen) atoms. The molecule has 1 aromatic carbocycles. The van der Waals surface area contributed by atoms with E-state index in [1.54, 1.807) is 4.90 Å². The Hall–Kier alpha value is -3.04. The average Bonchev–Trinajstić information content (AvgIpc) is 3.45. The van der Waals surface area contributed by atoms with Crippen LogP contribution in [0, 0.1) is 6.92 Å². The van der Waals surface area contributed by atoms with Crippen molar-refractivity contribution in [2.24, 2.45) is 0 Å². The van der Waals surface area contributed by atoms with Crippen molar-refractivity contribution in [2.75, 3.05) is 20.1 Å². The van der Waals surface area contributed by atoms with Crippen LogP contribution in [0.3, 0.4) is 0 Å². The fourth-order valence-corrected chi connectivity index (χ4v) is 4.41. The van der Waals surface area contributed by atoms with E-state index in [2.05, 4.69) is 24.6 Å². The van der Waals surface area contributed by atoms with Crippen molar-refractivity contribution in [1.29, 1.82) is 0 Å². The van der Waals surface area contributed by atoms with Crippen molar-refractivity contribution in [2.45, 2.75) is 38.6 Å². The Labute approximate surface area is 173 Å². The van der Waals surface area contributed by atoms with Crippen LogP contribution in [0.25, 0.3) is 11.3 Å². The van der Waals surface area contributed by atoms with E-state index in [9.17, 15) is 9.90 Å². The van der Waals surface area contributed by atoms with Gasteiger partial charge in [0.05, 0.1) is 18.7 Å². The lowest BCUT2D eigenvalue weighted by Gasteiger charge is -2.29. The van der Waals surface area contributed by atoms with Gasteiger partial charge in [-0.25, -0.2) is 4.98 Å². The number of carbonyl (C=O) groups is 1. The Morgan fingerprint density at radius 3 is 2.90 bits per heavy atom. The highest BCUT2D eigenvalue weighted by Crippen LogP contribution is 2.31. The first-order valence-corrected chi connectivity index (χ1v) is 10.1. The normalized spacial score (nSPS) is 21.8. The second-order valence-electron chi connectivity index (χ2n) is 8.10. The third-order valence-corrected chi connectivity index (χ3v) is 5.94. The van der Waals surface area contributed by atoms with Crippen LogP contribution < -0.4 is 0 Å². The second kappa shape index (κ2) is 7.33. The molecule has 0 unspecified atom stereocenters. The van der Waals surface area contributed by atoms with Gasteiger partial charge in [0.15, 0.2) is 29.5 Å². The van der Waals surface area contributed by atoms with E-state index in [1.807, 2.05) is 38.2 Å². The summed E-state index contributed by atoms with van der Waals surface area (Å²) in [6, 6.07) is 7.87. The van der Waals surface area contributed by atoms with Crippen LogP contribution in [0.15, 0.2) is 35.1 Å². The van der Waals surface area contributed by atoms with Gasteiger partial charge >= 0.3 is 0 Å². The molecule has 0 spiro atoms. The molecule has 2 aliphatic rings. The van der Waals surface area contributed by atoms with E-state index in [-0.39, 0.29) is 18.1 Å². The molecule has 2 aliphatic heterocycles. The summed E-state index contributed by atoms with van der Waals surface area (Å²) in [5.41, 5.74) is 2.23. The van der Waals surface area contributed by atoms with Crippen LogP contribution >= 0.6 is 0 Å². The van der Waals surface area contributed by atoms with Gasteiger partial charge in [-0.1, -0.05) is 23.8 Å². The van der Waals surface area contributed by atoms with Gasteiger partial charge < -0.3 is 19.0 Å². The second-order valence-corrected chi connectivity index (χ2v) is 8.10. The number of oxazole rings is 1. The first-order valence-electron chi connectivity index (χ1n) is 10.1. The summed E-state index contributed by atoms with van der Waals surface area (Å²) in [5.74, 6) is 1.92. The maximum Gasteiger partial charge on any atom is 0.276 e. The minimum atomic E-state index is -0.346. The number of likely N-dealkylation sites (N-methyl/N-ethyl adjacent to an activating group) is 1. The third kappa shape index (κ3) is 3.20. The van der Waals surface area contributed by atoms with Gasteiger partial charge in [-0.15, -0.1) is 10.2 Å². The molecule has 1 N–H and O–H groups in total. The molecule has 9 nitrogen and oxygen atoms in total. The molecule has 0 aliphatic carbocycles. The van der Waals surface area contributed by atoms with Crippen LogP contribution in [0.2, 0.25) is 0 Å². The molecular weight excluding hydrogens is 384 g/mol. The predicted molar refractivity (Wildman–Crippen MR) is 107 cm³/mol. The van der Waals surface area contributed by atoms with E-state index >= 15 is 0 Å². The first kappa shape index (κ1) is 19.0. The van der Waals surface area contributed by atoms with Crippen LogP contribution in [0.4, 0.5) is 0 Å². The van der Waals surface area contributed by atoms with Gasteiger partial charge in [0.2, 0.25) is 0 Å². The Morgan fingerprint density at radius 1 is 1.27 bits per heavy atom. The molecule has 9 heteroatoms. The van der Waals surface area contributed by atoms with E-state index in [1.165, 1.54) is 6.39 Å². The largest absolute Gasteiger partial charge is 0.443 e. The summed E-state index contributed by atoms with van der Waals surface area (Å²) in [5, 5.41) is 18.7. The quantitative estimate of drug-likeness (QED) is 0.703. The smallest absolute Gasteiger partial charge is 0.276 e. The number of amides is 1. The van der Waals surface area contributed by atoms with Crippen molar-refractivity contribution >= 4 is 5.91 Å². The van der Waals surface area contributed by atoms with Crippen LogP contribution in [-0.2, 0) is 13.1 Å². The maximum absolute atomic E-state index is 13.2. The summed E-state index contributed by atoms with van der Waals surface area (Å²) in [4.78, 5) is 21.3. The number of β-amino-alcohol motifs (C(OH)–C–C–N with tert-alkyl or cyclic N) is 1. The van der Waals surface area contributed by atoms with E-state index in [4.69, 9.17) is 4.42 Å². The zero-order valence-electron chi connectivity index (χ0n) is 17.0. The zero-order valence-corrected chi connectivity index (χ0v) is 17.0. The molecule has 0 radical (unpaired) electrons. The molecule has 1 fully saturated rings. The molecule has 2 atom stereocenters. The molecule has 2 aromatic heterocycles. The lowest BCUT2D eigenvalue weighted by molar-refractivity contribution is 0.0700. The van der Waals surface area contributed by atoms with Crippen LogP contribution in [-0.4, -0.2) is 66.8 Å². The molecule has 0 saturated carbocycles. The van der Waals surface area contributed by atoms with Gasteiger partial charge in [-0.3, -0.25) is 9.69 Å². The fourth-order valence-electron chi connectivity index (χ4n) is 4.41. The van der Waals surface area contributed by atoms with Gasteiger partial charge in [0.25, 0.3) is 5.91 Å². The standard InChI is InChI=1S/C21H24N6O3/c1-13-4-3-5-14(8-13)19-18(22-12-30-19)21(29)26-6-7-27-17(11-26)23-24-20(27)16-9-15(28)10-25(16)2/h3-5,8,12,15-16,28H,6-7,9-11H2,1-2H3/t15-,16+/m1/s1. The molecule has 0 bridgehead atoms. The first-order chi connectivity index (χ1) is 14.5.